The van der Waals surface area contributed by atoms with Crippen LogP contribution in [-0.2, 0) is 4.79 Å². The maximum atomic E-state index is 10.5. The van der Waals surface area contributed by atoms with Crippen molar-refractivity contribution in [3.8, 4) is 0 Å². The molecule has 0 saturated heterocycles. The fraction of sp³-hybridized carbons (Fsp3) is 0.111. The van der Waals surface area contributed by atoms with Crippen LogP contribution in [0.15, 0.2) is 40.8 Å². The Morgan fingerprint density at radius 1 is 1.18 bits per heavy atom. The van der Waals surface area contributed by atoms with Crippen LogP contribution in [-0.4, -0.2) is 5.97 Å². The highest BCUT2D eigenvalue weighted by Crippen LogP contribution is 1.77. The molecule has 0 radical (unpaired) electrons. The van der Waals surface area contributed by atoms with Crippen LogP contribution >= 0.6 is 0 Å². The zero-order chi connectivity index (χ0) is 8.10. The molecule has 56 valence electrons. The van der Waals surface area contributed by atoms with Gasteiger partial charge in [-0.05, 0) is 0 Å². The summed E-state index contributed by atoms with van der Waals surface area (Å²) in [4.78, 5) is 10.5. The summed E-state index contributed by atoms with van der Waals surface area (Å²) in [6, 6.07) is 10.8. The summed E-state index contributed by atoms with van der Waals surface area (Å²) in [5, 5.41) is 0. The third kappa shape index (κ3) is 2.76. The summed E-state index contributed by atoms with van der Waals surface area (Å²) in [6.07, 6.45) is 0. The molecule has 0 aromatic heterocycles. The van der Waals surface area contributed by atoms with Crippen molar-refractivity contribution < 1.29 is 4.79 Å². The Bertz CT molecular complexity index is 293. The normalized spacial score (nSPS) is 8.82. The van der Waals surface area contributed by atoms with Gasteiger partial charge < -0.3 is 0 Å². The summed E-state index contributed by atoms with van der Waals surface area (Å²) in [5.41, 5.74) is 0.572. The molecule has 0 unspecified atom stereocenters. The third-order valence-corrected chi connectivity index (χ3v) is 1.12. The summed E-state index contributed by atoms with van der Waals surface area (Å²) in [5.74, 6) is -0.295. The van der Waals surface area contributed by atoms with Gasteiger partial charge in [-0.15, -0.1) is 0 Å². The second-order valence-electron chi connectivity index (χ2n) is 2.10. The predicted octanol–water partition coefficient (Wildman–Crippen LogP) is 1.13. The fourth-order valence-electron chi connectivity index (χ4n) is 0.719. The van der Waals surface area contributed by atoms with Gasteiger partial charge in [-0.25, -0.2) is 0 Å². The summed E-state index contributed by atoms with van der Waals surface area (Å²) >= 11 is 0. The SMILES string of the molecule is CC(=O)[O+]=c1cccccc1. The number of carbonyl (C=O) groups is 1. The van der Waals surface area contributed by atoms with Crippen LogP contribution in [0.1, 0.15) is 6.92 Å². The summed E-state index contributed by atoms with van der Waals surface area (Å²) in [6.45, 7) is 1.38. The van der Waals surface area contributed by atoms with Gasteiger partial charge >= 0.3 is 5.97 Å². The van der Waals surface area contributed by atoms with Crippen molar-refractivity contribution in [2.75, 3.05) is 0 Å². The van der Waals surface area contributed by atoms with Crippen LogP contribution in [0.4, 0.5) is 0 Å². The average molecular weight is 149 g/mol. The van der Waals surface area contributed by atoms with E-state index >= 15 is 0 Å². The lowest BCUT2D eigenvalue weighted by molar-refractivity contribution is -0.113. The van der Waals surface area contributed by atoms with Gasteiger partial charge in [-0.3, -0.25) is 4.42 Å². The standard InChI is InChI=1S/C9H9O2/c1-8(10)11-9-6-4-2-3-5-7-9/h2-7H,1H3/q+1. The summed E-state index contributed by atoms with van der Waals surface area (Å²) in [7, 11) is 0. The maximum Gasteiger partial charge on any atom is 0.577 e. The second kappa shape index (κ2) is 3.66. The predicted molar refractivity (Wildman–Crippen MR) is 43.4 cm³/mol. The van der Waals surface area contributed by atoms with E-state index in [0.717, 1.165) is 0 Å². The van der Waals surface area contributed by atoms with Gasteiger partial charge in [-0.1, -0.05) is 24.3 Å². The molecule has 0 N–H and O–H groups in total. The molecule has 1 rings (SSSR count). The molecule has 2 nitrogen and oxygen atoms in total. The number of rotatable bonds is 0. The lowest BCUT2D eigenvalue weighted by atomic mass is 10.5. The highest BCUT2D eigenvalue weighted by molar-refractivity contribution is 5.81. The molecule has 2 heteroatoms. The van der Waals surface area contributed by atoms with Crippen molar-refractivity contribution >= 4 is 5.97 Å². The van der Waals surface area contributed by atoms with Crippen molar-refractivity contribution in [3.63, 3.8) is 0 Å². The van der Waals surface area contributed by atoms with E-state index in [1.165, 1.54) is 6.92 Å². The van der Waals surface area contributed by atoms with Crippen molar-refractivity contribution in [3.05, 3.63) is 46.3 Å². The molecule has 0 aliphatic heterocycles. The summed E-state index contributed by atoms with van der Waals surface area (Å²) < 4.78 is 4.84. The topological polar surface area (TPSA) is 28.4 Å². The first-order chi connectivity index (χ1) is 5.29. The van der Waals surface area contributed by atoms with Crippen molar-refractivity contribution in [1.29, 1.82) is 0 Å². The molecule has 0 amide bonds. The van der Waals surface area contributed by atoms with Gasteiger partial charge in [0, 0.05) is 16.9 Å². The first-order valence-corrected chi connectivity index (χ1v) is 3.36. The van der Waals surface area contributed by atoms with Crippen molar-refractivity contribution in [2.24, 2.45) is 0 Å². The molecule has 0 fully saturated rings. The van der Waals surface area contributed by atoms with E-state index in [1.807, 2.05) is 24.3 Å². The van der Waals surface area contributed by atoms with E-state index in [9.17, 15) is 4.79 Å². The minimum absolute atomic E-state index is 0.295. The van der Waals surface area contributed by atoms with E-state index < -0.39 is 0 Å². The smallest absolute Gasteiger partial charge is 0.272 e. The minimum atomic E-state index is -0.295. The lowest BCUT2D eigenvalue weighted by Crippen LogP contribution is -1.99. The van der Waals surface area contributed by atoms with Crippen LogP contribution in [0.2, 0.25) is 0 Å². The Hall–Kier alpha value is -1.44. The van der Waals surface area contributed by atoms with Gasteiger partial charge in [0.2, 0.25) is 5.43 Å². The van der Waals surface area contributed by atoms with Crippen molar-refractivity contribution in [1.82, 2.24) is 0 Å². The van der Waals surface area contributed by atoms with E-state index in [1.54, 1.807) is 12.1 Å². The molecule has 0 atom stereocenters. The van der Waals surface area contributed by atoms with Crippen LogP contribution in [0.3, 0.4) is 0 Å². The zero-order valence-electron chi connectivity index (χ0n) is 6.28. The molecule has 1 aromatic carbocycles. The molecule has 0 aliphatic carbocycles. The van der Waals surface area contributed by atoms with Gasteiger partial charge in [0.15, 0.2) is 0 Å². The Balaban J connectivity index is 3.18. The monoisotopic (exact) mass is 149 g/mol. The van der Waals surface area contributed by atoms with E-state index in [0.29, 0.717) is 5.43 Å². The Labute approximate surface area is 64.8 Å². The molecular weight excluding hydrogens is 140 g/mol. The van der Waals surface area contributed by atoms with Crippen molar-refractivity contribution in [2.45, 2.75) is 6.92 Å². The first kappa shape index (κ1) is 7.66. The molecule has 1 aromatic rings. The van der Waals surface area contributed by atoms with Crippen LogP contribution in [0.5, 0.6) is 0 Å². The van der Waals surface area contributed by atoms with Gasteiger partial charge in [0.1, 0.15) is 6.92 Å². The molecule has 0 aliphatic rings. The lowest BCUT2D eigenvalue weighted by Gasteiger charge is -1.66. The molecule has 11 heavy (non-hydrogen) atoms. The number of hydrogen-bond donors (Lipinski definition) is 0. The highest BCUT2D eigenvalue weighted by atomic mass is 16.4. The second-order valence-corrected chi connectivity index (χ2v) is 2.10. The third-order valence-electron chi connectivity index (χ3n) is 1.12. The highest BCUT2D eigenvalue weighted by Gasteiger charge is 1.98. The van der Waals surface area contributed by atoms with Gasteiger partial charge in [0.25, 0.3) is 0 Å². The van der Waals surface area contributed by atoms with Crippen LogP contribution in [0.25, 0.3) is 0 Å². The molecule has 0 bridgehead atoms. The molecule has 0 saturated carbocycles. The van der Waals surface area contributed by atoms with Gasteiger partial charge in [-0.2, -0.15) is 0 Å². The van der Waals surface area contributed by atoms with Gasteiger partial charge in [0.05, 0.1) is 0 Å². The Morgan fingerprint density at radius 3 is 2.18 bits per heavy atom. The quantitative estimate of drug-likeness (QED) is 0.508. The average Bonchev–Trinajstić information content (AvgIpc) is 2.14. The number of carbonyl (C=O) groups excluding carboxylic acids is 1. The van der Waals surface area contributed by atoms with E-state index in [4.69, 9.17) is 4.42 Å². The molecular formula is C9H9O2+. The first-order valence-electron chi connectivity index (χ1n) is 3.36. The Morgan fingerprint density at radius 2 is 1.73 bits per heavy atom. The Kier molecular flexibility index (Phi) is 2.55. The molecule has 0 spiro atoms. The molecule has 0 heterocycles. The van der Waals surface area contributed by atoms with E-state index in [-0.39, 0.29) is 5.97 Å². The zero-order valence-corrected chi connectivity index (χ0v) is 6.28. The minimum Gasteiger partial charge on any atom is -0.272 e. The van der Waals surface area contributed by atoms with Crippen LogP contribution in [0, 0.1) is 0 Å². The maximum absolute atomic E-state index is 10.5. The van der Waals surface area contributed by atoms with E-state index in [2.05, 4.69) is 0 Å². The number of hydrogen-bond acceptors (Lipinski definition) is 1. The largest absolute Gasteiger partial charge is 0.577 e. The fourth-order valence-corrected chi connectivity index (χ4v) is 0.719. The van der Waals surface area contributed by atoms with Crippen LogP contribution < -0.4 is 5.43 Å².